The van der Waals surface area contributed by atoms with E-state index in [2.05, 4.69) is 10.1 Å². The molecule has 0 aliphatic carbocycles. The Bertz CT molecular complexity index is 578. The first kappa shape index (κ1) is 13.8. The molecule has 5 nitrogen and oxygen atoms in total. The molecule has 0 bridgehead atoms. The lowest BCUT2D eigenvalue weighted by Gasteiger charge is -2.02. The number of nitrogens with zero attached hydrogens (tertiary/aromatic N) is 2. The quantitative estimate of drug-likeness (QED) is 0.812. The van der Waals surface area contributed by atoms with Gasteiger partial charge < -0.3 is 9.26 Å². The molecule has 0 amide bonds. The lowest BCUT2D eigenvalue weighted by molar-refractivity contribution is 0.0470. The van der Waals surface area contributed by atoms with Crippen LogP contribution in [0.4, 0.5) is 0 Å². The molecule has 0 saturated carbocycles. The van der Waals surface area contributed by atoms with Crippen molar-refractivity contribution in [1.82, 2.24) is 10.1 Å². The summed E-state index contributed by atoms with van der Waals surface area (Å²) in [4.78, 5) is 15.3. The van der Waals surface area contributed by atoms with Gasteiger partial charge >= 0.3 is 11.9 Å². The van der Waals surface area contributed by atoms with Crippen molar-refractivity contribution in [2.45, 2.75) is 13.3 Å². The fraction of sp³-hybridized carbons (Fsp3) is 0.250. The predicted molar refractivity (Wildman–Crippen MR) is 69.5 cm³/mol. The van der Waals surface area contributed by atoms with Gasteiger partial charge in [0.2, 0.25) is 0 Å². The summed E-state index contributed by atoms with van der Waals surface area (Å²) in [5, 5.41) is 4.71. The molecule has 0 N–H and O–H groups in total. The largest absolute Gasteiger partial charge is 0.459 e. The molecule has 0 aliphatic rings. The number of carbonyl (C=O) groups is 1. The number of rotatable bonds is 4. The number of benzene rings is 1. The van der Waals surface area contributed by atoms with Crippen molar-refractivity contribution < 1.29 is 14.1 Å². The van der Waals surface area contributed by atoms with E-state index in [4.69, 9.17) is 32.5 Å². The van der Waals surface area contributed by atoms with E-state index in [1.165, 1.54) is 0 Å². The van der Waals surface area contributed by atoms with Crippen molar-refractivity contribution in [1.29, 1.82) is 0 Å². The van der Waals surface area contributed by atoms with Gasteiger partial charge in [-0.1, -0.05) is 34.4 Å². The summed E-state index contributed by atoms with van der Waals surface area (Å²) in [6, 6.07) is 5.18. The van der Waals surface area contributed by atoms with Gasteiger partial charge in [0, 0.05) is 16.5 Å². The van der Waals surface area contributed by atoms with Crippen LogP contribution >= 0.6 is 23.2 Å². The van der Waals surface area contributed by atoms with Gasteiger partial charge in [0.25, 0.3) is 0 Å². The maximum atomic E-state index is 11.4. The summed E-state index contributed by atoms with van der Waals surface area (Å²) in [6.07, 6.45) is 0.279. The monoisotopic (exact) mass is 300 g/mol. The smallest absolute Gasteiger partial charge is 0.397 e. The van der Waals surface area contributed by atoms with Gasteiger partial charge in [-0.05, 0) is 24.6 Å². The molecule has 2 aromatic rings. The third-order valence-electron chi connectivity index (χ3n) is 2.31. The fourth-order valence-corrected chi connectivity index (χ4v) is 1.99. The summed E-state index contributed by atoms with van der Waals surface area (Å²) >= 11 is 12.1. The Morgan fingerprint density at radius 2 is 2.05 bits per heavy atom. The van der Waals surface area contributed by atoms with Gasteiger partial charge in [0.05, 0.1) is 6.61 Å². The minimum atomic E-state index is -0.647. The standard InChI is InChI=1S/C12H10Cl2N2O3/c1-2-18-12(17)11-15-10(16-19-11)6-7-8(13)4-3-5-9(7)14/h3-5H,2,6H2,1H3. The lowest BCUT2D eigenvalue weighted by atomic mass is 10.1. The molecule has 1 aromatic heterocycles. The normalized spacial score (nSPS) is 10.5. The van der Waals surface area contributed by atoms with Crippen LogP contribution in [0.3, 0.4) is 0 Å². The van der Waals surface area contributed by atoms with Crippen LogP contribution in [-0.2, 0) is 11.2 Å². The predicted octanol–water partition coefficient (Wildman–Crippen LogP) is 3.14. The van der Waals surface area contributed by atoms with Crippen molar-refractivity contribution in [3.8, 4) is 0 Å². The topological polar surface area (TPSA) is 65.2 Å². The van der Waals surface area contributed by atoms with Crippen molar-refractivity contribution >= 4 is 29.2 Å². The first-order valence-electron chi connectivity index (χ1n) is 5.54. The molecule has 0 unspecified atom stereocenters. The van der Waals surface area contributed by atoms with Crippen LogP contribution in [0.15, 0.2) is 22.7 Å². The van der Waals surface area contributed by atoms with Crippen LogP contribution in [0.1, 0.15) is 29.0 Å². The lowest BCUT2D eigenvalue weighted by Crippen LogP contribution is -2.05. The molecular weight excluding hydrogens is 291 g/mol. The Morgan fingerprint density at radius 3 is 2.68 bits per heavy atom. The second-order valence-electron chi connectivity index (χ2n) is 3.61. The zero-order valence-corrected chi connectivity index (χ0v) is 11.5. The molecule has 7 heteroatoms. The summed E-state index contributed by atoms with van der Waals surface area (Å²) in [5.74, 6) is -0.510. The average molecular weight is 301 g/mol. The highest BCUT2D eigenvalue weighted by Gasteiger charge is 2.17. The first-order chi connectivity index (χ1) is 9.11. The van der Waals surface area contributed by atoms with E-state index in [0.717, 1.165) is 0 Å². The van der Waals surface area contributed by atoms with Crippen LogP contribution in [0.2, 0.25) is 10.0 Å². The van der Waals surface area contributed by atoms with Crippen LogP contribution < -0.4 is 0 Å². The van der Waals surface area contributed by atoms with E-state index in [1.807, 2.05) is 0 Å². The molecule has 0 atom stereocenters. The number of carbonyl (C=O) groups excluding carboxylic acids is 1. The van der Waals surface area contributed by atoms with Crippen LogP contribution in [0.5, 0.6) is 0 Å². The van der Waals surface area contributed by atoms with E-state index in [1.54, 1.807) is 25.1 Å². The second kappa shape index (κ2) is 6.04. The Balaban J connectivity index is 2.18. The van der Waals surface area contributed by atoms with Gasteiger partial charge in [-0.3, -0.25) is 0 Å². The summed E-state index contributed by atoms with van der Waals surface area (Å²) in [7, 11) is 0. The zero-order chi connectivity index (χ0) is 13.8. The van der Waals surface area contributed by atoms with Crippen LogP contribution in [0.25, 0.3) is 0 Å². The Hall–Kier alpha value is -1.59. The highest BCUT2D eigenvalue weighted by atomic mass is 35.5. The third kappa shape index (κ3) is 3.24. The highest BCUT2D eigenvalue weighted by Crippen LogP contribution is 2.26. The van der Waals surface area contributed by atoms with Crippen molar-refractivity contribution in [2.75, 3.05) is 6.61 Å². The van der Waals surface area contributed by atoms with E-state index >= 15 is 0 Å². The molecule has 19 heavy (non-hydrogen) atoms. The minimum absolute atomic E-state index is 0.181. The summed E-state index contributed by atoms with van der Waals surface area (Å²) < 4.78 is 9.56. The number of hydrogen-bond donors (Lipinski definition) is 0. The summed E-state index contributed by atoms with van der Waals surface area (Å²) in [6.45, 7) is 1.94. The maximum Gasteiger partial charge on any atom is 0.397 e. The third-order valence-corrected chi connectivity index (χ3v) is 3.02. The van der Waals surface area contributed by atoms with Crippen molar-refractivity contribution in [3.05, 3.63) is 45.5 Å². The highest BCUT2D eigenvalue weighted by molar-refractivity contribution is 6.36. The second-order valence-corrected chi connectivity index (χ2v) is 4.43. The van der Waals surface area contributed by atoms with Crippen molar-refractivity contribution in [2.24, 2.45) is 0 Å². The molecule has 2 rings (SSSR count). The van der Waals surface area contributed by atoms with Crippen LogP contribution in [0, 0.1) is 0 Å². The Morgan fingerprint density at radius 1 is 1.37 bits per heavy atom. The number of hydrogen-bond acceptors (Lipinski definition) is 5. The first-order valence-corrected chi connectivity index (χ1v) is 6.30. The van der Waals surface area contributed by atoms with Crippen LogP contribution in [-0.4, -0.2) is 22.7 Å². The van der Waals surface area contributed by atoms with E-state index in [0.29, 0.717) is 21.4 Å². The molecule has 0 spiro atoms. The number of aromatic nitrogens is 2. The van der Waals surface area contributed by atoms with Gasteiger partial charge in [-0.2, -0.15) is 4.98 Å². The van der Waals surface area contributed by atoms with E-state index in [9.17, 15) is 4.79 Å². The van der Waals surface area contributed by atoms with E-state index in [-0.39, 0.29) is 18.9 Å². The molecule has 100 valence electrons. The number of halogens is 2. The van der Waals surface area contributed by atoms with Gasteiger partial charge in [0.15, 0.2) is 5.82 Å². The van der Waals surface area contributed by atoms with Gasteiger partial charge in [-0.15, -0.1) is 0 Å². The molecule has 0 saturated heterocycles. The molecule has 1 heterocycles. The summed E-state index contributed by atoms with van der Waals surface area (Å²) in [5.41, 5.74) is 0.682. The van der Waals surface area contributed by atoms with Crippen molar-refractivity contribution in [3.63, 3.8) is 0 Å². The molecule has 0 radical (unpaired) electrons. The van der Waals surface area contributed by atoms with E-state index < -0.39 is 5.97 Å². The van der Waals surface area contributed by atoms with Gasteiger partial charge in [0.1, 0.15) is 0 Å². The number of ether oxygens (including phenoxy) is 1. The molecular formula is C12H10Cl2N2O3. The number of esters is 1. The molecule has 0 fully saturated rings. The minimum Gasteiger partial charge on any atom is -0.459 e. The molecule has 1 aromatic carbocycles. The molecule has 0 aliphatic heterocycles. The average Bonchev–Trinajstić information content (AvgIpc) is 2.83. The fourth-order valence-electron chi connectivity index (χ4n) is 1.46. The Kier molecular flexibility index (Phi) is 4.39. The Labute approximate surface area is 119 Å². The SMILES string of the molecule is CCOC(=O)c1nc(Cc2c(Cl)cccc2Cl)no1. The maximum absolute atomic E-state index is 11.4. The zero-order valence-electron chi connectivity index (χ0n) is 10.0. The van der Waals surface area contributed by atoms with Gasteiger partial charge in [-0.25, -0.2) is 4.79 Å².